The molecule has 2 atom stereocenters. The van der Waals surface area contributed by atoms with Gasteiger partial charge >= 0.3 is 0 Å². The molecule has 0 bridgehead atoms. The Labute approximate surface area is 153 Å². The van der Waals surface area contributed by atoms with Gasteiger partial charge in [0, 0.05) is 12.4 Å². The highest BCUT2D eigenvalue weighted by Crippen LogP contribution is 2.35. The second-order valence-corrected chi connectivity index (χ2v) is 7.57. The highest BCUT2D eigenvalue weighted by atomic mass is 16.7. The summed E-state index contributed by atoms with van der Waals surface area (Å²) in [5.74, 6) is -1.14. The maximum Gasteiger partial charge on any atom is 0.163 e. The molecule has 2 unspecified atom stereocenters. The number of rotatable bonds is 3. The third kappa shape index (κ3) is 3.64. The lowest BCUT2D eigenvalue weighted by Gasteiger charge is -2.17. The topological polar surface area (TPSA) is 62.7 Å². The van der Waals surface area contributed by atoms with Crippen LogP contribution in [-0.4, -0.2) is 34.8 Å². The molecule has 138 valence electrons. The molecule has 0 radical (unpaired) electrons. The molecule has 4 heterocycles. The van der Waals surface area contributed by atoms with Gasteiger partial charge in [0.05, 0.1) is 24.6 Å². The Bertz CT molecular complexity index is 738. The standard InChI is InChI=1S/C20H24N2O4/c1-19(2)23-11-17(25-19)15-9-13(5-7-21-15)14-6-8-22-16(10-14)18-12-24-20(3,4)26-18/h5-10,17-18H,11-12H2,1-4H3. The lowest BCUT2D eigenvalue weighted by atomic mass is 10.0. The summed E-state index contributed by atoms with van der Waals surface area (Å²) < 4.78 is 23.2. The van der Waals surface area contributed by atoms with E-state index in [1.54, 1.807) is 12.4 Å². The molecule has 0 aromatic carbocycles. The van der Waals surface area contributed by atoms with Crippen molar-refractivity contribution in [1.82, 2.24) is 9.97 Å². The van der Waals surface area contributed by atoms with Gasteiger partial charge in [-0.05, 0) is 63.1 Å². The van der Waals surface area contributed by atoms with Gasteiger partial charge < -0.3 is 18.9 Å². The summed E-state index contributed by atoms with van der Waals surface area (Å²) in [7, 11) is 0. The van der Waals surface area contributed by atoms with E-state index in [0.29, 0.717) is 13.2 Å². The van der Waals surface area contributed by atoms with Gasteiger partial charge in [-0.25, -0.2) is 0 Å². The van der Waals surface area contributed by atoms with E-state index in [1.807, 2.05) is 52.0 Å². The molecular formula is C20H24N2O4. The summed E-state index contributed by atoms with van der Waals surface area (Å²) in [6.45, 7) is 8.67. The van der Waals surface area contributed by atoms with Gasteiger partial charge in [0.2, 0.25) is 0 Å². The molecule has 2 aromatic rings. The van der Waals surface area contributed by atoms with Gasteiger partial charge in [-0.3, -0.25) is 9.97 Å². The summed E-state index contributed by atoms with van der Waals surface area (Å²) in [6, 6.07) is 8.06. The number of hydrogen-bond acceptors (Lipinski definition) is 6. The molecule has 2 fully saturated rings. The quantitative estimate of drug-likeness (QED) is 0.834. The van der Waals surface area contributed by atoms with Crippen molar-refractivity contribution in [2.45, 2.75) is 51.5 Å². The molecule has 0 spiro atoms. The van der Waals surface area contributed by atoms with Gasteiger partial charge in [-0.15, -0.1) is 0 Å². The van der Waals surface area contributed by atoms with Crippen LogP contribution >= 0.6 is 0 Å². The number of nitrogens with zero attached hydrogens (tertiary/aromatic N) is 2. The van der Waals surface area contributed by atoms with Crippen molar-refractivity contribution in [2.75, 3.05) is 13.2 Å². The number of hydrogen-bond donors (Lipinski definition) is 0. The van der Waals surface area contributed by atoms with E-state index in [4.69, 9.17) is 18.9 Å². The second kappa shape index (κ2) is 6.39. The van der Waals surface area contributed by atoms with Gasteiger partial charge in [-0.1, -0.05) is 0 Å². The Hall–Kier alpha value is -1.86. The summed E-state index contributed by atoms with van der Waals surface area (Å²) in [6.07, 6.45) is 3.30. The summed E-state index contributed by atoms with van der Waals surface area (Å²) >= 11 is 0. The molecule has 6 heteroatoms. The number of ether oxygens (including phenoxy) is 4. The smallest absolute Gasteiger partial charge is 0.163 e. The number of pyridine rings is 2. The van der Waals surface area contributed by atoms with Crippen molar-refractivity contribution >= 4 is 0 Å². The molecule has 4 rings (SSSR count). The fraction of sp³-hybridized carbons (Fsp3) is 0.500. The van der Waals surface area contributed by atoms with Crippen LogP contribution in [0.2, 0.25) is 0 Å². The first-order valence-corrected chi connectivity index (χ1v) is 8.87. The van der Waals surface area contributed by atoms with E-state index < -0.39 is 11.6 Å². The lowest BCUT2D eigenvalue weighted by Crippen LogP contribution is -2.19. The van der Waals surface area contributed by atoms with Crippen molar-refractivity contribution < 1.29 is 18.9 Å². The zero-order valence-corrected chi connectivity index (χ0v) is 15.6. The van der Waals surface area contributed by atoms with Crippen LogP contribution in [0.25, 0.3) is 11.1 Å². The van der Waals surface area contributed by atoms with Crippen LogP contribution in [0.15, 0.2) is 36.7 Å². The second-order valence-electron chi connectivity index (χ2n) is 7.57. The van der Waals surface area contributed by atoms with Crippen LogP contribution < -0.4 is 0 Å². The van der Waals surface area contributed by atoms with Crippen LogP contribution in [0.3, 0.4) is 0 Å². The predicted octanol–water partition coefficient (Wildman–Crippen LogP) is 3.79. The van der Waals surface area contributed by atoms with Crippen LogP contribution in [0.4, 0.5) is 0 Å². The van der Waals surface area contributed by atoms with Crippen molar-refractivity contribution in [3.8, 4) is 11.1 Å². The average molecular weight is 356 g/mol. The molecule has 0 N–H and O–H groups in total. The minimum Gasteiger partial charge on any atom is -0.347 e. The SMILES string of the molecule is CC1(C)OCC(c2cc(-c3ccnc(C4COC(C)(C)O4)c3)ccn2)O1. The average Bonchev–Trinajstić information content (AvgIpc) is 3.17. The molecule has 2 aliphatic heterocycles. The van der Waals surface area contributed by atoms with Gasteiger partial charge in [-0.2, -0.15) is 0 Å². The fourth-order valence-electron chi connectivity index (χ4n) is 3.27. The summed E-state index contributed by atoms with van der Waals surface area (Å²) in [5, 5.41) is 0. The molecular weight excluding hydrogens is 332 g/mol. The first kappa shape index (κ1) is 17.5. The minimum absolute atomic E-state index is 0.154. The maximum atomic E-state index is 5.92. The first-order chi connectivity index (χ1) is 12.3. The normalized spacial score (nSPS) is 26.9. The van der Waals surface area contributed by atoms with Crippen molar-refractivity contribution in [3.63, 3.8) is 0 Å². The molecule has 0 aliphatic carbocycles. The van der Waals surface area contributed by atoms with E-state index in [0.717, 1.165) is 22.5 Å². The molecule has 2 saturated heterocycles. The zero-order valence-electron chi connectivity index (χ0n) is 15.6. The van der Waals surface area contributed by atoms with Crippen molar-refractivity contribution in [1.29, 1.82) is 0 Å². The Morgan fingerprint density at radius 2 is 1.19 bits per heavy atom. The van der Waals surface area contributed by atoms with E-state index >= 15 is 0 Å². The first-order valence-electron chi connectivity index (χ1n) is 8.87. The molecule has 0 saturated carbocycles. The van der Waals surface area contributed by atoms with Crippen LogP contribution in [0.5, 0.6) is 0 Å². The molecule has 26 heavy (non-hydrogen) atoms. The van der Waals surface area contributed by atoms with E-state index in [2.05, 4.69) is 9.97 Å². The van der Waals surface area contributed by atoms with Gasteiger partial charge in [0.15, 0.2) is 11.6 Å². The third-order valence-corrected chi connectivity index (χ3v) is 4.57. The third-order valence-electron chi connectivity index (χ3n) is 4.57. The largest absolute Gasteiger partial charge is 0.347 e. The summed E-state index contributed by atoms with van der Waals surface area (Å²) in [4.78, 5) is 8.93. The maximum absolute atomic E-state index is 5.92. The van der Waals surface area contributed by atoms with E-state index in [9.17, 15) is 0 Å². The lowest BCUT2D eigenvalue weighted by molar-refractivity contribution is -0.140. The monoisotopic (exact) mass is 356 g/mol. The Morgan fingerprint density at radius 3 is 1.54 bits per heavy atom. The van der Waals surface area contributed by atoms with Crippen molar-refractivity contribution in [2.24, 2.45) is 0 Å². The molecule has 2 aromatic heterocycles. The van der Waals surface area contributed by atoms with E-state index in [-0.39, 0.29) is 12.2 Å². The van der Waals surface area contributed by atoms with Gasteiger partial charge in [0.1, 0.15) is 12.2 Å². The van der Waals surface area contributed by atoms with Crippen LogP contribution in [-0.2, 0) is 18.9 Å². The fourth-order valence-corrected chi connectivity index (χ4v) is 3.27. The molecule has 2 aliphatic rings. The highest BCUT2D eigenvalue weighted by Gasteiger charge is 2.35. The van der Waals surface area contributed by atoms with Crippen LogP contribution in [0, 0.1) is 0 Å². The zero-order chi connectivity index (χ0) is 18.4. The highest BCUT2D eigenvalue weighted by molar-refractivity contribution is 5.63. The predicted molar refractivity (Wildman–Crippen MR) is 95.2 cm³/mol. The Morgan fingerprint density at radius 1 is 0.769 bits per heavy atom. The molecule has 0 amide bonds. The van der Waals surface area contributed by atoms with Crippen LogP contribution in [0.1, 0.15) is 51.3 Å². The van der Waals surface area contributed by atoms with Crippen molar-refractivity contribution in [3.05, 3.63) is 48.0 Å². The van der Waals surface area contributed by atoms with Gasteiger partial charge in [0.25, 0.3) is 0 Å². The molecule has 6 nitrogen and oxygen atoms in total. The number of aromatic nitrogens is 2. The Kier molecular flexibility index (Phi) is 4.31. The minimum atomic E-state index is -0.571. The van der Waals surface area contributed by atoms with E-state index in [1.165, 1.54) is 0 Å². The Balaban J connectivity index is 1.58. The summed E-state index contributed by atoms with van der Waals surface area (Å²) in [5.41, 5.74) is 3.86.